The monoisotopic (exact) mass is 252 g/mol. The molecule has 6 nitrogen and oxygen atoms in total. The molecule has 2 N–H and O–H groups in total. The summed E-state index contributed by atoms with van der Waals surface area (Å²) in [4.78, 5) is 11.9. The Morgan fingerprint density at radius 3 is 2.78 bits per heavy atom. The number of hydrogen-bond donors (Lipinski definition) is 2. The van der Waals surface area contributed by atoms with Crippen molar-refractivity contribution >= 4 is 5.91 Å². The molecule has 0 bridgehead atoms. The van der Waals surface area contributed by atoms with Crippen LogP contribution in [0.1, 0.15) is 38.5 Å². The van der Waals surface area contributed by atoms with E-state index in [1.165, 1.54) is 6.42 Å². The molecule has 1 aromatic rings. The van der Waals surface area contributed by atoms with E-state index in [9.17, 15) is 9.90 Å². The van der Waals surface area contributed by atoms with Gasteiger partial charge in [0.2, 0.25) is 5.91 Å². The van der Waals surface area contributed by atoms with E-state index in [1.807, 2.05) is 0 Å². The van der Waals surface area contributed by atoms with Crippen LogP contribution in [0.5, 0.6) is 0 Å². The topological polar surface area (TPSA) is 80.0 Å². The molecule has 2 rings (SSSR count). The zero-order chi connectivity index (χ0) is 12.8. The lowest BCUT2D eigenvalue weighted by Crippen LogP contribution is -2.52. The lowest BCUT2D eigenvalue weighted by atomic mass is 9.82. The number of aliphatic hydroxyl groups excluding tert-OH is 1. The van der Waals surface area contributed by atoms with Gasteiger partial charge in [-0.3, -0.25) is 9.48 Å². The highest BCUT2D eigenvalue weighted by molar-refractivity contribution is 5.76. The molecule has 1 amide bonds. The van der Waals surface area contributed by atoms with Gasteiger partial charge in [-0.1, -0.05) is 24.5 Å². The fraction of sp³-hybridized carbons (Fsp3) is 0.750. The first-order valence-electron chi connectivity index (χ1n) is 6.50. The second-order valence-electron chi connectivity index (χ2n) is 4.96. The molecule has 1 saturated carbocycles. The van der Waals surface area contributed by atoms with Gasteiger partial charge >= 0.3 is 0 Å². The van der Waals surface area contributed by atoms with E-state index < -0.39 is 5.54 Å². The van der Waals surface area contributed by atoms with Gasteiger partial charge < -0.3 is 10.4 Å². The van der Waals surface area contributed by atoms with Crippen molar-refractivity contribution in [2.45, 2.75) is 50.6 Å². The molecule has 18 heavy (non-hydrogen) atoms. The molecule has 1 aliphatic carbocycles. The summed E-state index contributed by atoms with van der Waals surface area (Å²) in [7, 11) is 0. The third-order valence-corrected chi connectivity index (χ3v) is 3.56. The number of rotatable bonds is 5. The average Bonchev–Trinajstić information content (AvgIpc) is 2.91. The molecule has 0 unspecified atom stereocenters. The number of aryl methyl sites for hydroxylation is 1. The second-order valence-corrected chi connectivity index (χ2v) is 4.96. The summed E-state index contributed by atoms with van der Waals surface area (Å²) in [6.45, 7) is 0.551. The minimum Gasteiger partial charge on any atom is -0.394 e. The quantitative estimate of drug-likeness (QED) is 0.798. The highest BCUT2D eigenvalue weighted by Crippen LogP contribution is 2.27. The number of carbonyl (C=O) groups is 1. The molecule has 1 aromatic heterocycles. The van der Waals surface area contributed by atoms with Crippen LogP contribution in [-0.4, -0.2) is 38.2 Å². The van der Waals surface area contributed by atoms with E-state index in [1.54, 1.807) is 17.1 Å². The van der Waals surface area contributed by atoms with Gasteiger partial charge in [0.05, 0.1) is 24.9 Å². The van der Waals surface area contributed by atoms with Crippen LogP contribution in [0.25, 0.3) is 0 Å². The van der Waals surface area contributed by atoms with Crippen LogP contribution in [0.2, 0.25) is 0 Å². The third kappa shape index (κ3) is 3.29. The molecule has 0 atom stereocenters. The summed E-state index contributed by atoms with van der Waals surface area (Å²) in [5.41, 5.74) is -0.391. The predicted octanol–water partition coefficient (Wildman–Crippen LogP) is 0.480. The maximum absolute atomic E-state index is 11.9. The van der Waals surface area contributed by atoms with Crippen molar-refractivity contribution in [3.05, 3.63) is 12.4 Å². The number of nitrogens with one attached hydrogen (secondary N) is 1. The first-order valence-corrected chi connectivity index (χ1v) is 6.50. The van der Waals surface area contributed by atoms with Crippen molar-refractivity contribution in [3.63, 3.8) is 0 Å². The summed E-state index contributed by atoms with van der Waals surface area (Å²) in [6, 6.07) is 0. The van der Waals surface area contributed by atoms with Crippen molar-refractivity contribution in [2.75, 3.05) is 6.61 Å². The van der Waals surface area contributed by atoms with Crippen LogP contribution < -0.4 is 5.32 Å². The Hall–Kier alpha value is -1.43. The van der Waals surface area contributed by atoms with E-state index >= 15 is 0 Å². The van der Waals surface area contributed by atoms with Crippen molar-refractivity contribution < 1.29 is 9.90 Å². The molecule has 0 radical (unpaired) electrons. The number of amides is 1. The van der Waals surface area contributed by atoms with Crippen molar-refractivity contribution in [3.8, 4) is 0 Å². The van der Waals surface area contributed by atoms with Gasteiger partial charge in [0.1, 0.15) is 0 Å². The van der Waals surface area contributed by atoms with E-state index in [0.717, 1.165) is 25.7 Å². The first kappa shape index (κ1) is 13.0. The number of hydrogen-bond acceptors (Lipinski definition) is 4. The molecule has 1 aliphatic rings. The van der Waals surface area contributed by atoms with Crippen LogP contribution in [0.3, 0.4) is 0 Å². The standard InChI is InChI=1S/C12H20N4O2/c17-10-12(5-2-1-3-6-12)14-11(18)4-8-16-9-7-13-15-16/h7,9,17H,1-6,8,10H2,(H,14,18). The van der Waals surface area contributed by atoms with Crippen molar-refractivity contribution in [1.29, 1.82) is 0 Å². The van der Waals surface area contributed by atoms with Crippen LogP contribution in [0.15, 0.2) is 12.4 Å². The fourth-order valence-corrected chi connectivity index (χ4v) is 2.48. The van der Waals surface area contributed by atoms with E-state index in [2.05, 4.69) is 15.6 Å². The van der Waals surface area contributed by atoms with Gasteiger partial charge in [0.15, 0.2) is 0 Å². The molecular formula is C12H20N4O2. The zero-order valence-electron chi connectivity index (χ0n) is 10.5. The predicted molar refractivity (Wildman–Crippen MR) is 65.7 cm³/mol. The molecule has 6 heteroatoms. The lowest BCUT2D eigenvalue weighted by Gasteiger charge is -2.36. The Labute approximate surface area is 106 Å². The number of aliphatic hydroxyl groups is 1. The molecule has 0 spiro atoms. The third-order valence-electron chi connectivity index (χ3n) is 3.56. The number of aromatic nitrogens is 3. The van der Waals surface area contributed by atoms with E-state index in [-0.39, 0.29) is 12.5 Å². The number of nitrogens with zero attached hydrogens (tertiary/aromatic N) is 3. The van der Waals surface area contributed by atoms with Gasteiger partial charge in [-0.05, 0) is 12.8 Å². The first-order chi connectivity index (χ1) is 8.74. The summed E-state index contributed by atoms with van der Waals surface area (Å²) in [5.74, 6) is -0.0264. The molecule has 1 heterocycles. The fourth-order valence-electron chi connectivity index (χ4n) is 2.48. The Bertz CT molecular complexity index is 371. The van der Waals surface area contributed by atoms with Crippen molar-refractivity contribution in [2.24, 2.45) is 0 Å². The largest absolute Gasteiger partial charge is 0.394 e. The maximum atomic E-state index is 11.9. The van der Waals surface area contributed by atoms with Gasteiger partial charge in [0.25, 0.3) is 0 Å². The molecule has 1 fully saturated rings. The van der Waals surface area contributed by atoms with Gasteiger partial charge in [-0.25, -0.2) is 0 Å². The van der Waals surface area contributed by atoms with Crippen LogP contribution in [0, 0.1) is 0 Å². The average molecular weight is 252 g/mol. The Morgan fingerprint density at radius 2 is 2.17 bits per heavy atom. The molecule has 0 aromatic carbocycles. The minimum atomic E-state index is -0.391. The zero-order valence-corrected chi connectivity index (χ0v) is 10.5. The Morgan fingerprint density at radius 1 is 1.39 bits per heavy atom. The number of carbonyl (C=O) groups excluding carboxylic acids is 1. The lowest BCUT2D eigenvalue weighted by molar-refractivity contribution is -0.124. The minimum absolute atomic E-state index is 0.0264. The smallest absolute Gasteiger partial charge is 0.222 e. The Balaban J connectivity index is 1.81. The Kier molecular flexibility index (Phi) is 4.30. The summed E-state index contributed by atoms with van der Waals surface area (Å²) in [5, 5.41) is 20.0. The molecule has 0 aliphatic heterocycles. The van der Waals surface area contributed by atoms with Crippen LogP contribution >= 0.6 is 0 Å². The summed E-state index contributed by atoms with van der Waals surface area (Å²) in [6.07, 6.45) is 8.77. The van der Waals surface area contributed by atoms with Crippen molar-refractivity contribution in [1.82, 2.24) is 20.3 Å². The van der Waals surface area contributed by atoms with Crippen LogP contribution in [-0.2, 0) is 11.3 Å². The van der Waals surface area contributed by atoms with E-state index in [4.69, 9.17) is 0 Å². The van der Waals surface area contributed by atoms with Gasteiger partial charge in [-0.15, -0.1) is 5.10 Å². The van der Waals surface area contributed by atoms with Gasteiger partial charge in [0, 0.05) is 12.6 Å². The molecule has 0 saturated heterocycles. The SMILES string of the molecule is O=C(CCn1ccnn1)NC1(CO)CCCCC1. The molecular weight excluding hydrogens is 232 g/mol. The molecule has 100 valence electrons. The van der Waals surface area contributed by atoms with Gasteiger partial charge in [-0.2, -0.15) is 0 Å². The highest BCUT2D eigenvalue weighted by Gasteiger charge is 2.32. The van der Waals surface area contributed by atoms with E-state index in [0.29, 0.717) is 13.0 Å². The second kappa shape index (κ2) is 5.95. The maximum Gasteiger partial charge on any atom is 0.222 e. The summed E-state index contributed by atoms with van der Waals surface area (Å²) < 4.78 is 1.63. The van der Waals surface area contributed by atoms with Crippen LogP contribution in [0.4, 0.5) is 0 Å². The summed E-state index contributed by atoms with van der Waals surface area (Å²) >= 11 is 0. The highest BCUT2D eigenvalue weighted by atomic mass is 16.3. The normalized spacial score (nSPS) is 18.5.